The van der Waals surface area contributed by atoms with Crippen LogP contribution < -0.4 is 4.46 Å². The average Bonchev–Trinajstić information content (AvgIpc) is 2.06. The molecule has 2 heteroatoms. The molecule has 0 saturated carbocycles. The van der Waals surface area contributed by atoms with Gasteiger partial charge in [-0.2, -0.15) is 0 Å². The first-order chi connectivity index (χ1) is 5.74. The third kappa shape index (κ3) is 2.63. The Balaban J connectivity index is 2.71. The first kappa shape index (κ1) is 9.78. The number of aliphatic hydroxyl groups excluding tert-OH is 1. The molecule has 0 heterocycles. The first-order valence-electron chi connectivity index (χ1n) is 4.15. The molecular weight excluding hydrogens is 215 g/mol. The van der Waals surface area contributed by atoms with Gasteiger partial charge >= 0.3 is 79.6 Å². The second-order valence-corrected chi connectivity index (χ2v) is 5.48. The van der Waals surface area contributed by atoms with Crippen LogP contribution in [0.15, 0.2) is 24.3 Å². The van der Waals surface area contributed by atoms with Gasteiger partial charge in [-0.15, -0.1) is 0 Å². The SMILES string of the molecule is CC[Se]c1ccc([C@@H](C)O)cc1. The van der Waals surface area contributed by atoms with Gasteiger partial charge in [0.05, 0.1) is 0 Å². The van der Waals surface area contributed by atoms with Gasteiger partial charge in [0, 0.05) is 0 Å². The zero-order valence-corrected chi connectivity index (χ0v) is 9.16. The summed E-state index contributed by atoms with van der Waals surface area (Å²) in [6, 6.07) is 8.26. The molecule has 1 N–H and O–H groups in total. The van der Waals surface area contributed by atoms with Crippen molar-refractivity contribution in [3.63, 3.8) is 0 Å². The maximum atomic E-state index is 9.25. The summed E-state index contributed by atoms with van der Waals surface area (Å²) in [6.45, 7) is 3.99. The van der Waals surface area contributed by atoms with Crippen LogP contribution in [0.5, 0.6) is 0 Å². The number of benzene rings is 1. The molecule has 0 unspecified atom stereocenters. The zero-order valence-electron chi connectivity index (χ0n) is 7.45. The van der Waals surface area contributed by atoms with Gasteiger partial charge in [0.25, 0.3) is 0 Å². The van der Waals surface area contributed by atoms with E-state index in [1.807, 2.05) is 12.1 Å². The molecule has 0 aliphatic rings. The molecule has 0 saturated heterocycles. The van der Waals surface area contributed by atoms with Crippen LogP contribution in [0.3, 0.4) is 0 Å². The van der Waals surface area contributed by atoms with Crippen molar-refractivity contribution < 1.29 is 5.11 Å². The van der Waals surface area contributed by atoms with E-state index >= 15 is 0 Å². The Bertz CT molecular complexity index is 228. The number of hydrogen-bond donors (Lipinski definition) is 1. The molecule has 1 aromatic rings. The molecule has 1 nitrogen and oxygen atoms in total. The Morgan fingerprint density at radius 1 is 1.33 bits per heavy atom. The van der Waals surface area contributed by atoms with Crippen molar-refractivity contribution in [2.45, 2.75) is 25.3 Å². The van der Waals surface area contributed by atoms with E-state index in [0.29, 0.717) is 15.0 Å². The van der Waals surface area contributed by atoms with Crippen LogP contribution in [0, 0.1) is 0 Å². The van der Waals surface area contributed by atoms with Gasteiger partial charge < -0.3 is 0 Å². The van der Waals surface area contributed by atoms with Crippen molar-refractivity contribution in [3.05, 3.63) is 29.8 Å². The molecule has 0 radical (unpaired) electrons. The van der Waals surface area contributed by atoms with Gasteiger partial charge in [-0.05, 0) is 0 Å². The fourth-order valence-electron chi connectivity index (χ4n) is 1.01. The Kier molecular flexibility index (Phi) is 3.80. The fraction of sp³-hybridized carbons (Fsp3) is 0.400. The average molecular weight is 229 g/mol. The van der Waals surface area contributed by atoms with E-state index in [1.165, 1.54) is 9.78 Å². The minimum absolute atomic E-state index is 0.340. The van der Waals surface area contributed by atoms with Crippen LogP contribution in [0.1, 0.15) is 25.5 Å². The summed E-state index contributed by atoms with van der Waals surface area (Å²) in [5.41, 5.74) is 1.01. The maximum absolute atomic E-state index is 9.25. The van der Waals surface area contributed by atoms with Gasteiger partial charge in [-0.1, -0.05) is 0 Å². The van der Waals surface area contributed by atoms with Crippen LogP contribution in [0.2, 0.25) is 5.32 Å². The van der Waals surface area contributed by atoms with E-state index in [-0.39, 0.29) is 6.10 Å². The van der Waals surface area contributed by atoms with Gasteiger partial charge in [-0.3, -0.25) is 0 Å². The first-order valence-corrected chi connectivity index (χ1v) is 6.21. The topological polar surface area (TPSA) is 20.2 Å². The Labute approximate surface area is 80.0 Å². The molecule has 0 aliphatic heterocycles. The predicted octanol–water partition coefficient (Wildman–Crippen LogP) is 1.51. The van der Waals surface area contributed by atoms with Crippen molar-refractivity contribution in [3.8, 4) is 0 Å². The minimum atomic E-state index is -0.340. The van der Waals surface area contributed by atoms with Crippen molar-refractivity contribution >= 4 is 19.4 Å². The van der Waals surface area contributed by atoms with Crippen LogP contribution >= 0.6 is 0 Å². The van der Waals surface area contributed by atoms with E-state index in [1.54, 1.807) is 6.92 Å². The predicted molar refractivity (Wildman–Crippen MR) is 52.9 cm³/mol. The standard InChI is InChI=1S/C10H14OSe/c1-3-12-10-6-4-9(5-7-10)8(2)11/h4-8,11H,3H2,1-2H3/t8-/m1/s1. The summed E-state index contributed by atoms with van der Waals surface area (Å²) in [5.74, 6) is 0. The molecule has 12 heavy (non-hydrogen) atoms. The molecule has 0 aliphatic carbocycles. The summed E-state index contributed by atoms with van der Waals surface area (Å²) in [6.07, 6.45) is -0.340. The van der Waals surface area contributed by atoms with E-state index in [9.17, 15) is 5.11 Å². The zero-order chi connectivity index (χ0) is 8.97. The third-order valence-corrected chi connectivity index (χ3v) is 3.55. The van der Waals surface area contributed by atoms with E-state index in [0.717, 1.165) is 5.56 Å². The molecule has 1 rings (SSSR count). The second kappa shape index (κ2) is 4.66. The molecular formula is C10H14OSe. The van der Waals surface area contributed by atoms with Crippen molar-refractivity contribution in [1.82, 2.24) is 0 Å². The van der Waals surface area contributed by atoms with Gasteiger partial charge in [0.1, 0.15) is 0 Å². The van der Waals surface area contributed by atoms with Crippen LogP contribution in [-0.4, -0.2) is 20.1 Å². The molecule has 0 fully saturated rings. The monoisotopic (exact) mass is 230 g/mol. The van der Waals surface area contributed by atoms with Crippen molar-refractivity contribution in [2.24, 2.45) is 0 Å². The fourth-order valence-corrected chi connectivity index (χ4v) is 2.40. The Morgan fingerprint density at radius 2 is 1.92 bits per heavy atom. The molecule has 0 aromatic heterocycles. The summed E-state index contributed by atoms with van der Waals surface area (Å²) in [5, 5.41) is 10.5. The van der Waals surface area contributed by atoms with E-state index < -0.39 is 0 Å². The molecule has 0 amide bonds. The van der Waals surface area contributed by atoms with E-state index in [2.05, 4.69) is 19.1 Å². The summed E-state index contributed by atoms with van der Waals surface area (Å²) >= 11 is 0.608. The van der Waals surface area contributed by atoms with Gasteiger partial charge in [0.2, 0.25) is 0 Å². The van der Waals surface area contributed by atoms with Crippen LogP contribution in [0.4, 0.5) is 0 Å². The molecule has 1 atom stereocenters. The summed E-state index contributed by atoms with van der Waals surface area (Å²) < 4.78 is 1.41. The normalized spacial score (nSPS) is 12.9. The van der Waals surface area contributed by atoms with Gasteiger partial charge in [0.15, 0.2) is 0 Å². The van der Waals surface area contributed by atoms with Crippen molar-refractivity contribution in [2.75, 3.05) is 0 Å². The number of rotatable bonds is 3. The molecule has 1 aromatic carbocycles. The molecule has 66 valence electrons. The van der Waals surface area contributed by atoms with Crippen LogP contribution in [0.25, 0.3) is 0 Å². The van der Waals surface area contributed by atoms with Gasteiger partial charge in [-0.25, -0.2) is 0 Å². The summed E-state index contributed by atoms with van der Waals surface area (Å²) in [4.78, 5) is 0. The number of hydrogen-bond acceptors (Lipinski definition) is 1. The van der Waals surface area contributed by atoms with Crippen LogP contribution in [-0.2, 0) is 0 Å². The quantitative estimate of drug-likeness (QED) is 0.779. The molecule has 0 bridgehead atoms. The summed E-state index contributed by atoms with van der Waals surface area (Å²) in [7, 11) is 0. The van der Waals surface area contributed by atoms with E-state index in [4.69, 9.17) is 0 Å². The Hall–Kier alpha value is -0.301. The third-order valence-electron chi connectivity index (χ3n) is 1.67. The Morgan fingerprint density at radius 3 is 2.33 bits per heavy atom. The molecule has 0 spiro atoms. The second-order valence-electron chi connectivity index (χ2n) is 2.68. The van der Waals surface area contributed by atoms with Crippen molar-refractivity contribution in [1.29, 1.82) is 0 Å². The number of aliphatic hydroxyl groups is 1.